The number of hydrogen-bond acceptors (Lipinski definition) is 7. The van der Waals surface area contributed by atoms with Crippen LogP contribution >= 0.6 is 0 Å². The second-order valence-electron chi connectivity index (χ2n) is 11.1. The molecule has 0 aliphatic carbocycles. The van der Waals surface area contributed by atoms with Crippen molar-refractivity contribution in [1.82, 2.24) is 4.57 Å². The number of fused-ring (bicyclic) bond motifs is 2. The van der Waals surface area contributed by atoms with Crippen molar-refractivity contribution in [1.29, 1.82) is 0 Å². The molecule has 0 bridgehead atoms. The van der Waals surface area contributed by atoms with Gasteiger partial charge in [-0.1, -0.05) is 36.4 Å². The molecule has 1 aliphatic heterocycles. The molecule has 1 aliphatic rings. The second kappa shape index (κ2) is 8.88. The summed E-state index contributed by atoms with van der Waals surface area (Å²) in [5.41, 5.74) is -1.92. The molecule has 0 saturated carbocycles. The molecular formula is C27H31N3O7. The summed E-state index contributed by atoms with van der Waals surface area (Å²) in [6.07, 6.45) is -1.74. The van der Waals surface area contributed by atoms with Gasteiger partial charge in [-0.05, 0) is 59.2 Å². The van der Waals surface area contributed by atoms with Gasteiger partial charge in [0.15, 0.2) is 6.23 Å². The van der Waals surface area contributed by atoms with E-state index in [1.165, 1.54) is 10.8 Å². The van der Waals surface area contributed by atoms with Crippen LogP contribution in [-0.2, 0) is 14.9 Å². The van der Waals surface area contributed by atoms with Crippen LogP contribution in [0.15, 0.2) is 54.7 Å². The molecule has 2 aromatic carbocycles. The Kier molecular flexibility index (Phi) is 6.28. The van der Waals surface area contributed by atoms with Gasteiger partial charge < -0.3 is 14.6 Å². The van der Waals surface area contributed by atoms with Gasteiger partial charge in [0.05, 0.1) is 11.2 Å². The molecule has 37 heavy (non-hydrogen) atoms. The molecule has 0 spiro atoms. The number of amides is 1. The van der Waals surface area contributed by atoms with E-state index in [0.717, 1.165) is 4.90 Å². The maximum absolute atomic E-state index is 13.3. The van der Waals surface area contributed by atoms with Crippen LogP contribution in [0.5, 0.6) is 0 Å². The standard InChI is InChI=1S/C27H31N3O7/c1-25(2,3)36-23(32)28-15-19(17-11-7-9-13-20(17)28)27(16-29(34)35)18-12-8-10-14-21(18)30(22(27)31)24(33)37-26(4,5)6/h7-15,22,31H,16H2,1-6H3/t22-,27-/m1/s1. The summed E-state index contributed by atoms with van der Waals surface area (Å²) in [5, 5.41) is 24.4. The molecule has 1 aromatic heterocycles. The zero-order valence-electron chi connectivity index (χ0n) is 21.7. The van der Waals surface area contributed by atoms with Gasteiger partial charge in [-0.3, -0.25) is 14.7 Å². The molecule has 1 N–H and O–H groups in total. The fraction of sp³-hybridized carbons (Fsp3) is 0.407. The normalized spacial score (nSPS) is 19.5. The third-order valence-electron chi connectivity index (χ3n) is 6.08. The Hall–Kier alpha value is -3.92. The molecule has 0 radical (unpaired) electrons. The van der Waals surface area contributed by atoms with Crippen molar-refractivity contribution < 1.29 is 29.1 Å². The summed E-state index contributed by atoms with van der Waals surface area (Å²) in [6.45, 7) is 9.55. The van der Waals surface area contributed by atoms with E-state index in [1.807, 2.05) is 0 Å². The lowest BCUT2D eigenvalue weighted by molar-refractivity contribution is -0.490. The van der Waals surface area contributed by atoms with Crippen LogP contribution in [0.4, 0.5) is 15.3 Å². The Labute approximate surface area is 214 Å². The molecule has 4 rings (SSSR count). The smallest absolute Gasteiger partial charge is 0.419 e. The number of aromatic nitrogens is 1. The molecule has 0 saturated heterocycles. The molecule has 196 valence electrons. The fourth-order valence-corrected chi connectivity index (χ4v) is 4.80. The predicted molar refractivity (Wildman–Crippen MR) is 137 cm³/mol. The first-order valence-corrected chi connectivity index (χ1v) is 11.9. The van der Waals surface area contributed by atoms with Crippen LogP contribution in [0.25, 0.3) is 10.9 Å². The lowest BCUT2D eigenvalue weighted by Gasteiger charge is -2.33. The van der Waals surface area contributed by atoms with Crippen molar-refractivity contribution in [3.05, 3.63) is 76.0 Å². The summed E-state index contributed by atoms with van der Waals surface area (Å²) in [7, 11) is 0. The number of carbonyl (C=O) groups excluding carboxylic acids is 2. The zero-order chi connectivity index (χ0) is 27.3. The first-order chi connectivity index (χ1) is 17.2. The van der Waals surface area contributed by atoms with Crippen LogP contribution in [-0.4, -0.2) is 50.8 Å². The highest BCUT2D eigenvalue weighted by Gasteiger charge is 2.59. The Morgan fingerprint density at radius 2 is 1.51 bits per heavy atom. The largest absolute Gasteiger partial charge is 0.443 e. The van der Waals surface area contributed by atoms with Crippen LogP contribution < -0.4 is 4.90 Å². The van der Waals surface area contributed by atoms with E-state index in [0.29, 0.717) is 27.7 Å². The van der Waals surface area contributed by atoms with Gasteiger partial charge in [-0.2, -0.15) is 0 Å². The third kappa shape index (κ3) is 4.64. The quantitative estimate of drug-likeness (QED) is 0.386. The molecule has 10 nitrogen and oxygen atoms in total. The van der Waals surface area contributed by atoms with E-state index in [4.69, 9.17) is 9.47 Å². The van der Waals surface area contributed by atoms with Crippen molar-refractivity contribution in [3.63, 3.8) is 0 Å². The molecule has 1 amide bonds. The number of ether oxygens (including phenoxy) is 2. The molecule has 3 aromatic rings. The van der Waals surface area contributed by atoms with Gasteiger partial charge in [-0.15, -0.1) is 0 Å². The Balaban J connectivity index is 2.00. The number of hydrogen-bond donors (Lipinski definition) is 1. The number of aliphatic hydroxyl groups is 1. The second-order valence-corrected chi connectivity index (χ2v) is 11.1. The number of benzene rings is 2. The first kappa shape index (κ1) is 26.2. The van der Waals surface area contributed by atoms with E-state index in [9.17, 15) is 24.8 Å². The molecule has 2 atom stereocenters. The number of para-hydroxylation sites is 2. The number of rotatable bonds is 3. The van der Waals surface area contributed by atoms with Gasteiger partial charge >= 0.3 is 12.2 Å². The van der Waals surface area contributed by atoms with Crippen LogP contribution in [0, 0.1) is 10.1 Å². The minimum atomic E-state index is -1.70. The van der Waals surface area contributed by atoms with Gasteiger partial charge in [0, 0.05) is 22.1 Å². The predicted octanol–water partition coefficient (Wildman–Crippen LogP) is 5.06. The zero-order valence-corrected chi connectivity index (χ0v) is 21.7. The van der Waals surface area contributed by atoms with Crippen molar-refractivity contribution in [2.24, 2.45) is 0 Å². The lowest BCUT2D eigenvalue weighted by Crippen LogP contribution is -2.52. The average molecular weight is 510 g/mol. The topological polar surface area (TPSA) is 124 Å². The number of carbonyl (C=O) groups is 2. The Morgan fingerprint density at radius 3 is 2.14 bits per heavy atom. The average Bonchev–Trinajstić information content (AvgIpc) is 3.26. The van der Waals surface area contributed by atoms with Gasteiger partial charge in [0.1, 0.15) is 16.6 Å². The van der Waals surface area contributed by atoms with Gasteiger partial charge in [0.25, 0.3) is 0 Å². The fourth-order valence-electron chi connectivity index (χ4n) is 4.80. The van der Waals surface area contributed by atoms with Gasteiger partial charge in [-0.25, -0.2) is 14.5 Å². The Bertz CT molecular complexity index is 1380. The Morgan fingerprint density at radius 1 is 0.946 bits per heavy atom. The van der Waals surface area contributed by atoms with Gasteiger partial charge in [0.2, 0.25) is 6.54 Å². The number of aliphatic hydroxyl groups excluding tert-OH is 1. The first-order valence-electron chi connectivity index (χ1n) is 11.9. The van der Waals surface area contributed by atoms with Crippen molar-refractivity contribution >= 4 is 28.8 Å². The van der Waals surface area contributed by atoms with E-state index in [1.54, 1.807) is 90.1 Å². The van der Waals surface area contributed by atoms with Crippen LogP contribution in [0.1, 0.15) is 52.7 Å². The van der Waals surface area contributed by atoms with E-state index in [2.05, 4.69) is 0 Å². The van der Waals surface area contributed by atoms with Crippen molar-refractivity contribution in [2.45, 2.75) is 64.4 Å². The molecule has 2 heterocycles. The third-order valence-corrected chi connectivity index (χ3v) is 6.08. The maximum Gasteiger partial charge on any atom is 0.419 e. The summed E-state index contributed by atoms with van der Waals surface area (Å²) in [5.74, 6) is 0. The van der Waals surface area contributed by atoms with Crippen LogP contribution in [0.2, 0.25) is 0 Å². The summed E-state index contributed by atoms with van der Waals surface area (Å²) in [6, 6.07) is 13.5. The van der Waals surface area contributed by atoms with E-state index in [-0.39, 0.29) is 0 Å². The highest BCUT2D eigenvalue weighted by Crippen LogP contribution is 2.51. The molecule has 10 heteroatoms. The SMILES string of the molecule is CC(C)(C)OC(=O)N1c2ccccc2[C@](C[N+](=O)[O-])(c2cn(C(=O)OC(C)(C)C)c3ccccc23)[C@H]1O. The summed E-state index contributed by atoms with van der Waals surface area (Å²) < 4.78 is 12.4. The van der Waals surface area contributed by atoms with Crippen molar-refractivity contribution in [3.8, 4) is 0 Å². The summed E-state index contributed by atoms with van der Waals surface area (Å²) >= 11 is 0. The molecule has 0 fully saturated rings. The molecular weight excluding hydrogens is 478 g/mol. The van der Waals surface area contributed by atoms with Crippen LogP contribution in [0.3, 0.4) is 0 Å². The number of anilines is 1. The summed E-state index contributed by atoms with van der Waals surface area (Å²) in [4.78, 5) is 39.0. The highest BCUT2D eigenvalue weighted by molar-refractivity contribution is 5.97. The van der Waals surface area contributed by atoms with E-state index >= 15 is 0 Å². The lowest BCUT2D eigenvalue weighted by atomic mass is 9.74. The minimum Gasteiger partial charge on any atom is -0.443 e. The number of nitro groups is 1. The maximum atomic E-state index is 13.3. The minimum absolute atomic E-state index is 0.292. The molecule has 0 unspecified atom stereocenters. The van der Waals surface area contributed by atoms with Crippen molar-refractivity contribution in [2.75, 3.05) is 11.4 Å². The monoisotopic (exact) mass is 509 g/mol. The highest BCUT2D eigenvalue weighted by atomic mass is 16.6. The number of nitrogens with zero attached hydrogens (tertiary/aromatic N) is 3. The van der Waals surface area contributed by atoms with E-state index < -0.39 is 46.5 Å².